The molecule has 3 aromatic heterocycles. The van der Waals surface area contributed by atoms with E-state index in [-0.39, 0.29) is 24.2 Å². The molecule has 0 unspecified atom stereocenters. The number of aryl methyl sites for hydroxylation is 3. The molecule has 31 heavy (non-hydrogen) atoms. The summed E-state index contributed by atoms with van der Waals surface area (Å²) in [5, 5.41) is 12.3. The third-order valence-electron chi connectivity index (χ3n) is 5.03. The van der Waals surface area contributed by atoms with Gasteiger partial charge < -0.3 is 0 Å². The Morgan fingerprint density at radius 3 is 2.77 bits per heavy atom. The fourth-order valence-electron chi connectivity index (χ4n) is 3.52. The number of benzene rings is 1. The molecule has 0 atom stereocenters. The first kappa shape index (κ1) is 20.6. The van der Waals surface area contributed by atoms with Crippen LogP contribution in [0.4, 0.5) is 10.3 Å². The first-order valence-corrected chi connectivity index (χ1v) is 10.2. The number of amides is 1. The van der Waals surface area contributed by atoms with Crippen LogP contribution in [0.2, 0.25) is 0 Å². The number of carbonyl (C=O) groups excluding carboxylic acids is 1. The molecule has 0 spiro atoms. The normalized spacial score (nSPS) is 11.2. The van der Waals surface area contributed by atoms with E-state index >= 15 is 0 Å². The lowest BCUT2D eigenvalue weighted by atomic mass is 10.1. The van der Waals surface area contributed by atoms with E-state index in [1.54, 1.807) is 24.3 Å². The minimum Gasteiger partial charge on any atom is -0.289 e. The topological polar surface area (TPSA) is 90.5 Å². The average Bonchev–Trinajstić information content (AvgIpc) is 3.31. The Balaban J connectivity index is 1.58. The molecule has 0 fully saturated rings. The predicted molar refractivity (Wildman–Crippen MR) is 115 cm³/mol. The number of hydrogen-bond donors (Lipinski definition) is 1. The molecular weight excluding hydrogens is 397 g/mol. The third kappa shape index (κ3) is 4.30. The third-order valence-corrected chi connectivity index (χ3v) is 5.03. The van der Waals surface area contributed by atoms with Gasteiger partial charge in [0, 0.05) is 17.8 Å². The second-order valence-corrected chi connectivity index (χ2v) is 7.48. The van der Waals surface area contributed by atoms with Crippen molar-refractivity contribution in [3.8, 4) is 0 Å². The molecule has 160 valence electrons. The first-order chi connectivity index (χ1) is 15.0. The lowest BCUT2D eigenvalue weighted by Gasteiger charge is -2.06. The summed E-state index contributed by atoms with van der Waals surface area (Å²) in [5.74, 6) is -0.494. The van der Waals surface area contributed by atoms with E-state index in [1.807, 2.05) is 18.5 Å². The number of hydrogen-bond acceptors (Lipinski definition) is 5. The van der Waals surface area contributed by atoms with Crippen molar-refractivity contribution >= 4 is 22.9 Å². The fraction of sp³-hybridized carbons (Fsp3) is 0.318. The number of unbranched alkanes of at least 4 members (excludes halogenated alkanes) is 1. The fourth-order valence-corrected chi connectivity index (χ4v) is 3.52. The first-order valence-electron chi connectivity index (χ1n) is 10.2. The molecule has 9 heteroatoms. The number of pyridine rings is 1. The van der Waals surface area contributed by atoms with Crippen LogP contribution in [-0.2, 0) is 13.1 Å². The standard InChI is InChI=1S/C22H24FN7O/c1-4-5-10-30-20-19(15(3)27-30)17(11-14(2)25-20)21(31)26-22-24-13-29(28-22)12-16-8-6-7-9-18(16)23/h6-9,11,13H,4-5,10,12H2,1-3H3,(H,26,28,31). The molecule has 4 aromatic rings. The van der Waals surface area contributed by atoms with Gasteiger partial charge >= 0.3 is 0 Å². The minimum absolute atomic E-state index is 0.153. The Hall–Kier alpha value is -3.62. The quantitative estimate of drug-likeness (QED) is 0.489. The molecule has 0 aliphatic heterocycles. The van der Waals surface area contributed by atoms with Crippen LogP contribution in [0.3, 0.4) is 0 Å². The van der Waals surface area contributed by atoms with Crippen LogP contribution in [-0.4, -0.2) is 35.4 Å². The Morgan fingerprint density at radius 1 is 1.19 bits per heavy atom. The summed E-state index contributed by atoms with van der Waals surface area (Å²) in [6, 6.07) is 8.22. The number of carbonyl (C=O) groups is 1. The van der Waals surface area contributed by atoms with Crippen LogP contribution < -0.4 is 5.32 Å². The van der Waals surface area contributed by atoms with Gasteiger partial charge in [-0.05, 0) is 32.4 Å². The summed E-state index contributed by atoms with van der Waals surface area (Å²) in [6.07, 6.45) is 3.49. The number of aromatic nitrogens is 6. The van der Waals surface area contributed by atoms with Gasteiger partial charge in [0.05, 0.1) is 23.2 Å². The van der Waals surface area contributed by atoms with Gasteiger partial charge in [-0.25, -0.2) is 23.7 Å². The second kappa shape index (κ2) is 8.63. The monoisotopic (exact) mass is 421 g/mol. The largest absolute Gasteiger partial charge is 0.289 e. The second-order valence-electron chi connectivity index (χ2n) is 7.48. The molecule has 0 aliphatic rings. The van der Waals surface area contributed by atoms with Crippen molar-refractivity contribution in [2.75, 3.05) is 5.32 Å². The Labute approximate surface area is 179 Å². The van der Waals surface area contributed by atoms with E-state index in [1.165, 1.54) is 17.1 Å². The molecule has 0 radical (unpaired) electrons. The predicted octanol–water partition coefficient (Wildman–Crippen LogP) is 3.88. The highest BCUT2D eigenvalue weighted by atomic mass is 19.1. The van der Waals surface area contributed by atoms with Crippen molar-refractivity contribution in [3.05, 3.63) is 65.0 Å². The summed E-state index contributed by atoms with van der Waals surface area (Å²) in [6.45, 7) is 6.82. The van der Waals surface area contributed by atoms with Gasteiger partial charge in [0.25, 0.3) is 5.91 Å². The van der Waals surface area contributed by atoms with E-state index in [0.29, 0.717) is 16.8 Å². The van der Waals surface area contributed by atoms with Crippen LogP contribution in [0.1, 0.15) is 47.1 Å². The Kier molecular flexibility index (Phi) is 5.75. The van der Waals surface area contributed by atoms with Crippen LogP contribution in [0.25, 0.3) is 11.0 Å². The van der Waals surface area contributed by atoms with Gasteiger partial charge in [-0.15, -0.1) is 5.10 Å². The average molecular weight is 421 g/mol. The van der Waals surface area contributed by atoms with Crippen molar-refractivity contribution in [3.63, 3.8) is 0 Å². The van der Waals surface area contributed by atoms with E-state index < -0.39 is 0 Å². The molecule has 4 rings (SSSR count). The zero-order valence-corrected chi connectivity index (χ0v) is 17.8. The van der Waals surface area contributed by atoms with Gasteiger partial charge in [-0.2, -0.15) is 5.10 Å². The Morgan fingerprint density at radius 2 is 2.00 bits per heavy atom. The van der Waals surface area contributed by atoms with E-state index in [4.69, 9.17) is 0 Å². The minimum atomic E-state index is -0.336. The van der Waals surface area contributed by atoms with Crippen molar-refractivity contribution < 1.29 is 9.18 Å². The zero-order valence-electron chi connectivity index (χ0n) is 17.8. The summed E-state index contributed by atoms with van der Waals surface area (Å²) in [4.78, 5) is 21.8. The van der Waals surface area contributed by atoms with Crippen LogP contribution >= 0.6 is 0 Å². The van der Waals surface area contributed by atoms with E-state index in [2.05, 4.69) is 32.4 Å². The highest BCUT2D eigenvalue weighted by molar-refractivity contribution is 6.12. The number of nitrogens with zero attached hydrogens (tertiary/aromatic N) is 6. The maximum Gasteiger partial charge on any atom is 0.258 e. The van der Waals surface area contributed by atoms with Gasteiger partial charge in [-0.3, -0.25) is 10.1 Å². The molecule has 1 N–H and O–H groups in total. The number of anilines is 1. The van der Waals surface area contributed by atoms with Crippen LogP contribution in [0.15, 0.2) is 36.7 Å². The molecule has 0 saturated carbocycles. The molecule has 1 amide bonds. The lowest BCUT2D eigenvalue weighted by Crippen LogP contribution is -2.15. The smallest absolute Gasteiger partial charge is 0.258 e. The van der Waals surface area contributed by atoms with Gasteiger partial charge in [-0.1, -0.05) is 31.5 Å². The van der Waals surface area contributed by atoms with E-state index in [0.717, 1.165) is 36.2 Å². The maximum absolute atomic E-state index is 13.9. The van der Waals surface area contributed by atoms with Crippen molar-refractivity contribution in [2.45, 2.75) is 46.7 Å². The van der Waals surface area contributed by atoms with Crippen LogP contribution in [0.5, 0.6) is 0 Å². The van der Waals surface area contributed by atoms with Gasteiger partial charge in [0.15, 0.2) is 5.65 Å². The number of halogens is 1. The van der Waals surface area contributed by atoms with Gasteiger partial charge in [0.1, 0.15) is 12.1 Å². The summed E-state index contributed by atoms with van der Waals surface area (Å²) in [7, 11) is 0. The number of fused-ring (bicyclic) bond motifs is 1. The highest BCUT2D eigenvalue weighted by Gasteiger charge is 2.20. The highest BCUT2D eigenvalue weighted by Crippen LogP contribution is 2.23. The molecule has 8 nitrogen and oxygen atoms in total. The Bertz CT molecular complexity index is 1240. The van der Waals surface area contributed by atoms with Crippen molar-refractivity contribution in [1.29, 1.82) is 0 Å². The van der Waals surface area contributed by atoms with Gasteiger partial charge in [0.2, 0.25) is 5.95 Å². The lowest BCUT2D eigenvalue weighted by molar-refractivity contribution is 0.102. The summed E-state index contributed by atoms with van der Waals surface area (Å²) >= 11 is 0. The summed E-state index contributed by atoms with van der Waals surface area (Å²) in [5.41, 5.74) is 3.16. The number of rotatable bonds is 7. The molecule has 1 aromatic carbocycles. The zero-order chi connectivity index (χ0) is 22.0. The van der Waals surface area contributed by atoms with Crippen molar-refractivity contribution in [1.82, 2.24) is 29.5 Å². The summed E-state index contributed by atoms with van der Waals surface area (Å²) < 4.78 is 17.2. The molecule has 0 aliphatic carbocycles. The molecule has 0 bridgehead atoms. The molecular formula is C22H24FN7O. The van der Waals surface area contributed by atoms with Crippen LogP contribution in [0, 0.1) is 19.7 Å². The number of nitrogens with one attached hydrogen (secondary N) is 1. The molecule has 3 heterocycles. The van der Waals surface area contributed by atoms with E-state index in [9.17, 15) is 9.18 Å². The SMILES string of the molecule is CCCCn1nc(C)c2c(C(=O)Nc3ncn(Cc4ccccc4F)n3)cc(C)nc21. The molecule has 0 saturated heterocycles. The maximum atomic E-state index is 13.9. The van der Waals surface area contributed by atoms with Crippen molar-refractivity contribution in [2.24, 2.45) is 0 Å².